The fourth-order valence-electron chi connectivity index (χ4n) is 2.56. The van der Waals surface area contributed by atoms with Crippen molar-refractivity contribution < 1.29 is 9.47 Å². The van der Waals surface area contributed by atoms with E-state index < -0.39 is 22.5 Å². The van der Waals surface area contributed by atoms with E-state index in [0.717, 1.165) is 11.1 Å². The molecule has 8 N–H and O–H groups in total. The molecule has 0 bridgehead atoms. The van der Waals surface area contributed by atoms with Crippen molar-refractivity contribution in [2.45, 2.75) is 36.4 Å². The molecule has 0 fully saturated rings. The van der Waals surface area contributed by atoms with Crippen molar-refractivity contribution in [1.82, 2.24) is 0 Å². The molecule has 0 spiro atoms. The van der Waals surface area contributed by atoms with Crippen LogP contribution in [0.5, 0.6) is 0 Å². The molecule has 0 radical (unpaired) electrons. The molecule has 2 unspecified atom stereocenters. The average molecular weight is 306 g/mol. The summed E-state index contributed by atoms with van der Waals surface area (Å²) < 4.78 is 11.0. The summed E-state index contributed by atoms with van der Waals surface area (Å²) in [6, 6.07) is 0. The molecule has 2 rings (SSSR count). The first-order valence-electron chi connectivity index (χ1n) is 7.11. The van der Waals surface area contributed by atoms with Crippen LogP contribution in [-0.2, 0) is 9.47 Å². The smallest absolute Gasteiger partial charge is 0.118 e. The highest BCUT2D eigenvalue weighted by atomic mass is 16.5. The second-order valence-corrected chi connectivity index (χ2v) is 6.35. The predicted octanol–water partition coefficient (Wildman–Crippen LogP) is 0.0164. The van der Waals surface area contributed by atoms with Crippen LogP contribution in [0.1, 0.15) is 13.8 Å². The summed E-state index contributed by atoms with van der Waals surface area (Å²) >= 11 is 0. The Morgan fingerprint density at radius 3 is 1.32 bits per heavy atom. The first-order chi connectivity index (χ1) is 10.0. The van der Waals surface area contributed by atoms with E-state index in [0.29, 0.717) is 0 Å². The quantitative estimate of drug-likeness (QED) is 0.545. The summed E-state index contributed by atoms with van der Waals surface area (Å²) in [6.45, 7) is 3.69. The van der Waals surface area contributed by atoms with Crippen molar-refractivity contribution in [2.24, 2.45) is 22.9 Å². The van der Waals surface area contributed by atoms with Gasteiger partial charge in [0, 0.05) is 14.2 Å². The Morgan fingerprint density at radius 2 is 1.05 bits per heavy atom. The Kier molecular flexibility index (Phi) is 3.98. The van der Waals surface area contributed by atoms with E-state index in [9.17, 15) is 0 Å². The molecule has 122 valence electrons. The van der Waals surface area contributed by atoms with Crippen molar-refractivity contribution in [3.63, 3.8) is 0 Å². The summed E-state index contributed by atoms with van der Waals surface area (Å²) in [7, 11) is 3.16. The average Bonchev–Trinajstić information content (AvgIpc) is 2.45. The van der Waals surface area contributed by atoms with Gasteiger partial charge in [0.1, 0.15) is 22.5 Å². The number of hydrogen-bond acceptors (Lipinski definition) is 6. The van der Waals surface area contributed by atoms with Gasteiger partial charge in [-0.25, -0.2) is 0 Å². The van der Waals surface area contributed by atoms with Crippen molar-refractivity contribution in [3.05, 3.63) is 47.6 Å². The van der Waals surface area contributed by atoms with Crippen LogP contribution >= 0.6 is 0 Å². The second-order valence-electron chi connectivity index (χ2n) is 6.35. The Balaban J connectivity index is 2.46. The lowest BCUT2D eigenvalue weighted by molar-refractivity contribution is -0.00187. The third kappa shape index (κ3) is 2.48. The van der Waals surface area contributed by atoms with Gasteiger partial charge < -0.3 is 32.4 Å². The molecule has 6 heteroatoms. The molecule has 0 saturated heterocycles. The minimum Gasteiger partial charge on any atom is -0.371 e. The van der Waals surface area contributed by atoms with Gasteiger partial charge in [-0.1, -0.05) is 12.2 Å². The predicted molar refractivity (Wildman–Crippen MR) is 87.5 cm³/mol. The number of ether oxygens (including phenoxy) is 2. The fourth-order valence-corrected chi connectivity index (χ4v) is 2.56. The topological polar surface area (TPSA) is 123 Å². The molecule has 0 amide bonds. The van der Waals surface area contributed by atoms with Gasteiger partial charge in [-0.05, 0) is 49.3 Å². The first kappa shape index (κ1) is 17.1. The molecule has 2 atom stereocenters. The van der Waals surface area contributed by atoms with Crippen LogP contribution in [0.3, 0.4) is 0 Å². The van der Waals surface area contributed by atoms with Crippen LogP contribution < -0.4 is 22.9 Å². The van der Waals surface area contributed by atoms with Gasteiger partial charge in [0.05, 0.1) is 0 Å². The van der Waals surface area contributed by atoms with Crippen molar-refractivity contribution in [2.75, 3.05) is 14.2 Å². The van der Waals surface area contributed by atoms with Gasteiger partial charge in [-0.3, -0.25) is 0 Å². The van der Waals surface area contributed by atoms with Crippen LogP contribution in [0.2, 0.25) is 0 Å². The molecular formula is C16H26N4O2. The van der Waals surface area contributed by atoms with Gasteiger partial charge in [0.2, 0.25) is 0 Å². The zero-order valence-electron chi connectivity index (χ0n) is 13.6. The molecule has 0 heterocycles. The van der Waals surface area contributed by atoms with E-state index in [1.807, 2.05) is 38.2 Å². The zero-order chi connectivity index (χ0) is 16.8. The Labute approximate surface area is 131 Å². The van der Waals surface area contributed by atoms with Crippen LogP contribution in [0.25, 0.3) is 0 Å². The summed E-state index contributed by atoms with van der Waals surface area (Å²) in [6.07, 6.45) is 11.0. The number of hydrogen-bond donors (Lipinski definition) is 4. The largest absolute Gasteiger partial charge is 0.371 e. The fraction of sp³-hybridized carbons (Fsp3) is 0.500. The van der Waals surface area contributed by atoms with Crippen molar-refractivity contribution in [3.8, 4) is 0 Å². The molecule has 0 aliphatic heterocycles. The Bertz CT molecular complexity index is 537. The molecule has 0 aromatic carbocycles. The first-order valence-corrected chi connectivity index (χ1v) is 7.11. The molecular weight excluding hydrogens is 280 g/mol. The monoisotopic (exact) mass is 306 g/mol. The maximum Gasteiger partial charge on any atom is 0.118 e. The highest BCUT2D eigenvalue weighted by molar-refractivity contribution is 5.55. The van der Waals surface area contributed by atoms with E-state index in [2.05, 4.69) is 0 Å². The van der Waals surface area contributed by atoms with Crippen LogP contribution in [-0.4, -0.2) is 36.7 Å². The van der Waals surface area contributed by atoms with Crippen LogP contribution in [0.15, 0.2) is 47.6 Å². The van der Waals surface area contributed by atoms with Crippen LogP contribution in [0.4, 0.5) is 0 Å². The van der Waals surface area contributed by atoms with Gasteiger partial charge in [-0.15, -0.1) is 0 Å². The minimum atomic E-state index is -1.08. The normalized spacial score (nSPS) is 36.0. The maximum atomic E-state index is 6.10. The van der Waals surface area contributed by atoms with E-state index in [-0.39, 0.29) is 0 Å². The van der Waals surface area contributed by atoms with Crippen molar-refractivity contribution in [1.29, 1.82) is 0 Å². The lowest BCUT2D eigenvalue weighted by Crippen LogP contribution is -2.66. The molecule has 0 saturated carbocycles. The van der Waals surface area contributed by atoms with Gasteiger partial charge >= 0.3 is 0 Å². The molecule has 0 aromatic heterocycles. The zero-order valence-corrected chi connectivity index (χ0v) is 13.6. The lowest BCUT2D eigenvalue weighted by Gasteiger charge is -2.43. The van der Waals surface area contributed by atoms with E-state index in [1.165, 1.54) is 0 Å². The summed E-state index contributed by atoms with van der Waals surface area (Å²) in [5.41, 5.74) is 22.4. The van der Waals surface area contributed by atoms with E-state index >= 15 is 0 Å². The third-order valence-electron chi connectivity index (χ3n) is 4.84. The number of allylic oxidation sites excluding steroid dienone is 4. The number of rotatable bonds is 3. The highest BCUT2D eigenvalue weighted by Crippen LogP contribution is 2.36. The SMILES string of the molecule is COC1(C)C=C(C2=CC(C)(OC)C(N)(N)C=C2)C=CC1(N)N. The third-order valence-corrected chi connectivity index (χ3v) is 4.84. The Hall–Kier alpha value is -1.28. The summed E-state index contributed by atoms with van der Waals surface area (Å²) in [5.74, 6) is 0. The number of methoxy groups -OCH3 is 2. The second kappa shape index (κ2) is 5.13. The van der Waals surface area contributed by atoms with E-state index in [4.69, 9.17) is 32.4 Å². The molecule has 22 heavy (non-hydrogen) atoms. The van der Waals surface area contributed by atoms with E-state index in [1.54, 1.807) is 26.4 Å². The standard InChI is InChI=1S/C16H26N4O2/c1-13(21-3)9-11(5-7-15(13,17)18)12-6-8-16(19,20)14(2,10-12)22-4/h5-10H,17-20H2,1-4H3. The minimum absolute atomic E-state index is 0.824. The molecule has 6 nitrogen and oxygen atoms in total. The highest BCUT2D eigenvalue weighted by Gasteiger charge is 2.44. The summed E-state index contributed by atoms with van der Waals surface area (Å²) in [5, 5.41) is 0. The van der Waals surface area contributed by atoms with Gasteiger partial charge in [0.25, 0.3) is 0 Å². The Morgan fingerprint density at radius 1 is 0.727 bits per heavy atom. The van der Waals surface area contributed by atoms with Crippen LogP contribution in [0, 0.1) is 0 Å². The maximum absolute atomic E-state index is 6.10. The van der Waals surface area contributed by atoms with Gasteiger partial charge in [0.15, 0.2) is 0 Å². The summed E-state index contributed by atoms with van der Waals surface area (Å²) in [4.78, 5) is 0. The lowest BCUT2D eigenvalue weighted by atomic mass is 9.77. The number of nitrogens with two attached hydrogens (primary N) is 4. The molecule has 2 aliphatic carbocycles. The van der Waals surface area contributed by atoms with Gasteiger partial charge in [-0.2, -0.15) is 0 Å². The van der Waals surface area contributed by atoms with Crippen molar-refractivity contribution >= 4 is 0 Å². The molecule has 2 aliphatic rings. The molecule has 0 aromatic rings.